The summed E-state index contributed by atoms with van der Waals surface area (Å²) in [4.78, 5) is 14.2. The van der Waals surface area contributed by atoms with E-state index in [9.17, 15) is 4.79 Å². The van der Waals surface area contributed by atoms with E-state index in [1.54, 1.807) is 0 Å². The zero-order valence-electron chi connectivity index (χ0n) is 12.9. The standard InChI is InChI=1S/C15H30N2O2/c1-12-11-19-10-9-17(12)14(18)6-5-13(7-8-16)15(2,3)4/h12-13H,5-11,16H2,1-4H3/t12-,13?/m1/s1. The van der Waals surface area contributed by atoms with Crippen molar-refractivity contribution in [2.45, 2.75) is 53.0 Å². The summed E-state index contributed by atoms with van der Waals surface area (Å²) in [6.07, 6.45) is 2.56. The van der Waals surface area contributed by atoms with Gasteiger partial charge in [-0.05, 0) is 37.6 Å². The van der Waals surface area contributed by atoms with Crippen LogP contribution >= 0.6 is 0 Å². The van der Waals surface area contributed by atoms with Gasteiger partial charge in [-0.1, -0.05) is 20.8 Å². The van der Waals surface area contributed by atoms with Gasteiger partial charge in [0.15, 0.2) is 0 Å². The maximum atomic E-state index is 12.3. The van der Waals surface area contributed by atoms with Crippen LogP contribution in [0.5, 0.6) is 0 Å². The molecular weight excluding hydrogens is 240 g/mol. The Morgan fingerprint density at radius 1 is 1.42 bits per heavy atom. The molecule has 0 bridgehead atoms. The van der Waals surface area contributed by atoms with Gasteiger partial charge in [0.2, 0.25) is 5.91 Å². The Kier molecular flexibility index (Phi) is 6.27. The van der Waals surface area contributed by atoms with Gasteiger partial charge in [0.05, 0.1) is 19.3 Å². The van der Waals surface area contributed by atoms with E-state index < -0.39 is 0 Å². The Balaban J connectivity index is 2.47. The lowest BCUT2D eigenvalue weighted by molar-refractivity contribution is -0.139. The minimum atomic E-state index is 0.212. The first-order chi connectivity index (χ1) is 8.86. The Morgan fingerprint density at radius 3 is 2.63 bits per heavy atom. The van der Waals surface area contributed by atoms with Gasteiger partial charge < -0.3 is 15.4 Å². The van der Waals surface area contributed by atoms with Crippen LogP contribution in [0.15, 0.2) is 0 Å². The average molecular weight is 270 g/mol. The van der Waals surface area contributed by atoms with Gasteiger partial charge in [0.1, 0.15) is 0 Å². The number of hydrogen-bond acceptors (Lipinski definition) is 3. The van der Waals surface area contributed by atoms with Crippen LogP contribution in [0.25, 0.3) is 0 Å². The predicted molar refractivity (Wildman–Crippen MR) is 77.8 cm³/mol. The molecule has 4 nitrogen and oxygen atoms in total. The normalized spacial score (nSPS) is 22.4. The lowest BCUT2D eigenvalue weighted by Gasteiger charge is -2.35. The zero-order chi connectivity index (χ0) is 14.5. The van der Waals surface area contributed by atoms with Crippen LogP contribution in [0.4, 0.5) is 0 Å². The summed E-state index contributed by atoms with van der Waals surface area (Å²) in [5, 5.41) is 0. The molecule has 0 aliphatic carbocycles. The number of nitrogens with zero attached hydrogens (tertiary/aromatic N) is 1. The fraction of sp³-hybridized carbons (Fsp3) is 0.933. The molecule has 1 aliphatic rings. The first kappa shape index (κ1) is 16.4. The first-order valence-corrected chi connectivity index (χ1v) is 7.43. The second kappa shape index (κ2) is 7.25. The third-order valence-electron chi connectivity index (χ3n) is 4.13. The zero-order valence-corrected chi connectivity index (χ0v) is 12.9. The summed E-state index contributed by atoms with van der Waals surface area (Å²) in [5.41, 5.74) is 5.90. The molecule has 1 unspecified atom stereocenters. The molecule has 1 aliphatic heterocycles. The molecule has 1 saturated heterocycles. The number of amides is 1. The number of ether oxygens (including phenoxy) is 1. The van der Waals surface area contributed by atoms with Crippen molar-refractivity contribution in [2.24, 2.45) is 17.1 Å². The Bertz CT molecular complexity index is 286. The highest BCUT2D eigenvalue weighted by atomic mass is 16.5. The Morgan fingerprint density at radius 2 is 2.11 bits per heavy atom. The van der Waals surface area contributed by atoms with Crippen LogP contribution in [-0.4, -0.2) is 43.2 Å². The van der Waals surface area contributed by atoms with Crippen molar-refractivity contribution < 1.29 is 9.53 Å². The van der Waals surface area contributed by atoms with Crippen molar-refractivity contribution in [1.29, 1.82) is 0 Å². The van der Waals surface area contributed by atoms with Gasteiger partial charge in [-0.2, -0.15) is 0 Å². The Labute approximate surface area is 117 Å². The highest BCUT2D eigenvalue weighted by Crippen LogP contribution is 2.32. The topological polar surface area (TPSA) is 55.6 Å². The highest BCUT2D eigenvalue weighted by Gasteiger charge is 2.27. The van der Waals surface area contributed by atoms with Gasteiger partial charge >= 0.3 is 0 Å². The minimum absolute atomic E-state index is 0.212. The predicted octanol–water partition coefficient (Wildman–Crippen LogP) is 2.02. The van der Waals surface area contributed by atoms with Crippen molar-refractivity contribution in [3.05, 3.63) is 0 Å². The fourth-order valence-electron chi connectivity index (χ4n) is 2.75. The molecule has 1 heterocycles. The monoisotopic (exact) mass is 270 g/mol. The van der Waals surface area contributed by atoms with Crippen LogP contribution in [-0.2, 0) is 9.53 Å². The highest BCUT2D eigenvalue weighted by molar-refractivity contribution is 5.76. The average Bonchev–Trinajstić information content (AvgIpc) is 2.33. The number of carbonyl (C=O) groups excluding carboxylic acids is 1. The van der Waals surface area contributed by atoms with Gasteiger partial charge in [-0.3, -0.25) is 4.79 Å². The van der Waals surface area contributed by atoms with E-state index in [4.69, 9.17) is 10.5 Å². The van der Waals surface area contributed by atoms with Crippen molar-refractivity contribution >= 4 is 5.91 Å². The summed E-state index contributed by atoms with van der Waals surface area (Å²) >= 11 is 0. The van der Waals surface area contributed by atoms with Crippen LogP contribution in [0.2, 0.25) is 0 Å². The molecule has 4 heteroatoms. The summed E-state index contributed by atoms with van der Waals surface area (Å²) in [6, 6.07) is 0.212. The molecular formula is C15H30N2O2. The maximum Gasteiger partial charge on any atom is 0.222 e. The van der Waals surface area contributed by atoms with Crippen LogP contribution in [0, 0.1) is 11.3 Å². The number of morpholine rings is 1. The summed E-state index contributed by atoms with van der Waals surface area (Å²) in [6.45, 7) is 11.5. The van der Waals surface area contributed by atoms with Gasteiger partial charge in [-0.15, -0.1) is 0 Å². The van der Waals surface area contributed by atoms with E-state index in [2.05, 4.69) is 27.7 Å². The van der Waals surface area contributed by atoms with E-state index in [1.165, 1.54) is 0 Å². The number of rotatable bonds is 5. The number of carbonyl (C=O) groups is 1. The van der Waals surface area contributed by atoms with E-state index in [0.717, 1.165) is 19.4 Å². The molecule has 1 fully saturated rings. The van der Waals surface area contributed by atoms with Crippen molar-refractivity contribution in [2.75, 3.05) is 26.3 Å². The molecule has 0 aromatic rings. The summed E-state index contributed by atoms with van der Waals surface area (Å²) in [7, 11) is 0. The molecule has 1 amide bonds. The Hall–Kier alpha value is -0.610. The third kappa shape index (κ3) is 5.11. The van der Waals surface area contributed by atoms with Crippen LogP contribution in [0.3, 0.4) is 0 Å². The molecule has 112 valence electrons. The van der Waals surface area contributed by atoms with Gasteiger partial charge in [-0.25, -0.2) is 0 Å². The lowest BCUT2D eigenvalue weighted by Crippen LogP contribution is -2.47. The van der Waals surface area contributed by atoms with E-state index in [1.807, 2.05) is 4.90 Å². The SMILES string of the molecule is C[C@@H]1COCCN1C(=O)CCC(CCN)C(C)(C)C. The van der Waals surface area contributed by atoms with Crippen LogP contribution < -0.4 is 5.73 Å². The van der Waals surface area contributed by atoms with Crippen molar-refractivity contribution in [1.82, 2.24) is 4.90 Å². The molecule has 0 aromatic carbocycles. The molecule has 0 spiro atoms. The van der Waals surface area contributed by atoms with Gasteiger partial charge in [0.25, 0.3) is 0 Å². The molecule has 2 atom stereocenters. The fourth-order valence-corrected chi connectivity index (χ4v) is 2.75. The first-order valence-electron chi connectivity index (χ1n) is 7.43. The summed E-state index contributed by atoms with van der Waals surface area (Å²) in [5.74, 6) is 0.778. The number of nitrogens with two attached hydrogens (primary N) is 1. The minimum Gasteiger partial charge on any atom is -0.377 e. The molecule has 0 aromatic heterocycles. The second-order valence-electron chi connectivity index (χ2n) is 6.69. The van der Waals surface area contributed by atoms with Crippen molar-refractivity contribution in [3.8, 4) is 0 Å². The largest absolute Gasteiger partial charge is 0.377 e. The molecule has 0 saturated carbocycles. The summed E-state index contributed by atoms with van der Waals surface area (Å²) < 4.78 is 5.37. The molecule has 2 N–H and O–H groups in total. The quantitative estimate of drug-likeness (QED) is 0.831. The lowest BCUT2D eigenvalue weighted by atomic mass is 9.76. The van der Waals surface area contributed by atoms with Gasteiger partial charge in [0, 0.05) is 13.0 Å². The third-order valence-corrected chi connectivity index (χ3v) is 4.13. The van der Waals surface area contributed by atoms with Crippen LogP contribution in [0.1, 0.15) is 47.0 Å². The molecule has 19 heavy (non-hydrogen) atoms. The maximum absolute atomic E-state index is 12.3. The van der Waals surface area contributed by atoms with E-state index in [-0.39, 0.29) is 17.4 Å². The number of hydrogen-bond donors (Lipinski definition) is 1. The van der Waals surface area contributed by atoms with E-state index >= 15 is 0 Å². The molecule has 0 radical (unpaired) electrons. The van der Waals surface area contributed by atoms with E-state index in [0.29, 0.717) is 32.1 Å². The molecule has 1 rings (SSSR count). The second-order valence-corrected chi connectivity index (χ2v) is 6.69. The van der Waals surface area contributed by atoms with Crippen molar-refractivity contribution in [3.63, 3.8) is 0 Å². The smallest absolute Gasteiger partial charge is 0.222 e.